The Hall–Kier alpha value is -1.55. The van der Waals surface area contributed by atoms with Gasteiger partial charge in [0.25, 0.3) is 0 Å². The first kappa shape index (κ1) is 22.7. The average Bonchev–Trinajstić information content (AvgIpc) is 3.10. The third kappa shape index (κ3) is 6.51. The van der Waals surface area contributed by atoms with Crippen molar-refractivity contribution in [3.8, 4) is 11.6 Å². The largest absolute Gasteiger partial charge is 0.439 e. The third-order valence-corrected chi connectivity index (χ3v) is 6.00. The molecular weight excluding hydrogens is 490 g/mol. The van der Waals surface area contributed by atoms with E-state index in [1.165, 1.54) is 30.7 Å². The Kier molecular flexibility index (Phi) is 8.81. The van der Waals surface area contributed by atoms with E-state index in [9.17, 15) is 4.39 Å². The Bertz CT molecular complexity index is 799. The summed E-state index contributed by atoms with van der Waals surface area (Å²) in [6.45, 7) is 3.66. The van der Waals surface area contributed by atoms with Crippen LogP contribution in [0.25, 0.3) is 0 Å². The molecule has 1 aromatic heterocycles. The van der Waals surface area contributed by atoms with E-state index in [0.29, 0.717) is 18.2 Å². The zero-order valence-corrected chi connectivity index (χ0v) is 19.2. The first-order chi connectivity index (χ1) is 13.1. The van der Waals surface area contributed by atoms with Gasteiger partial charge in [-0.3, -0.25) is 4.99 Å². The molecule has 1 aliphatic rings. The lowest BCUT2D eigenvalue weighted by Gasteiger charge is -2.24. The van der Waals surface area contributed by atoms with Gasteiger partial charge in [-0.15, -0.1) is 24.0 Å². The number of hydrogen-bond donors (Lipinski definition) is 2. The molecule has 8 heteroatoms. The van der Waals surface area contributed by atoms with E-state index < -0.39 is 0 Å². The molecule has 0 bridgehead atoms. The number of halogens is 2. The quantitative estimate of drug-likeness (QED) is 0.335. The van der Waals surface area contributed by atoms with Crippen molar-refractivity contribution in [3.05, 3.63) is 54.0 Å². The van der Waals surface area contributed by atoms with Crippen LogP contribution in [0.5, 0.6) is 11.6 Å². The Balaban J connectivity index is 0.00000280. The molecule has 2 N–H and O–H groups in total. The van der Waals surface area contributed by atoms with Crippen LogP contribution in [-0.2, 0) is 6.54 Å². The van der Waals surface area contributed by atoms with Gasteiger partial charge in [0.05, 0.1) is 0 Å². The van der Waals surface area contributed by atoms with Gasteiger partial charge in [0.1, 0.15) is 11.6 Å². The second-order valence-corrected chi connectivity index (χ2v) is 8.39. The van der Waals surface area contributed by atoms with Gasteiger partial charge in [-0.1, -0.05) is 12.1 Å². The Morgan fingerprint density at radius 3 is 2.89 bits per heavy atom. The van der Waals surface area contributed by atoms with Crippen molar-refractivity contribution in [2.45, 2.75) is 31.1 Å². The van der Waals surface area contributed by atoms with Gasteiger partial charge in [-0.2, -0.15) is 11.8 Å². The van der Waals surface area contributed by atoms with Gasteiger partial charge in [0.2, 0.25) is 5.88 Å². The highest BCUT2D eigenvalue weighted by Gasteiger charge is 2.29. The Morgan fingerprint density at radius 2 is 2.18 bits per heavy atom. The molecule has 1 fully saturated rings. The zero-order valence-electron chi connectivity index (χ0n) is 16.1. The van der Waals surface area contributed by atoms with E-state index in [1.807, 2.05) is 23.9 Å². The van der Waals surface area contributed by atoms with Crippen molar-refractivity contribution in [2.24, 2.45) is 4.99 Å². The van der Waals surface area contributed by atoms with Crippen molar-refractivity contribution in [1.29, 1.82) is 0 Å². The SMILES string of the molecule is CN=C(NCc1cccnc1Oc1cccc(F)c1)NCC1(C)CCCS1.I. The number of aliphatic imine (C=N–C) groups is 1. The molecule has 0 saturated carbocycles. The molecule has 1 aliphatic heterocycles. The molecule has 1 atom stereocenters. The molecule has 0 radical (unpaired) electrons. The van der Waals surface area contributed by atoms with E-state index in [-0.39, 0.29) is 34.5 Å². The maximum atomic E-state index is 13.4. The highest BCUT2D eigenvalue weighted by molar-refractivity contribution is 14.0. The molecule has 152 valence electrons. The number of ether oxygens (including phenoxy) is 1. The summed E-state index contributed by atoms with van der Waals surface area (Å²) in [5.41, 5.74) is 0.867. The molecule has 2 heterocycles. The number of nitrogens with one attached hydrogen (secondary N) is 2. The lowest BCUT2D eigenvalue weighted by atomic mass is 10.1. The number of pyridine rings is 1. The fraction of sp³-hybridized carbons (Fsp3) is 0.400. The van der Waals surface area contributed by atoms with Crippen molar-refractivity contribution < 1.29 is 9.13 Å². The summed E-state index contributed by atoms with van der Waals surface area (Å²) in [5, 5.41) is 6.71. The Labute approximate surface area is 187 Å². The summed E-state index contributed by atoms with van der Waals surface area (Å²) < 4.78 is 19.4. The molecule has 28 heavy (non-hydrogen) atoms. The van der Waals surface area contributed by atoms with Gasteiger partial charge < -0.3 is 15.4 Å². The van der Waals surface area contributed by atoms with Gasteiger partial charge in [-0.25, -0.2) is 9.37 Å². The Morgan fingerprint density at radius 1 is 1.32 bits per heavy atom. The smallest absolute Gasteiger partial charge is 0.224 e. The maximum absolute atomic E-state index is 13.4. The second-order valence-electron chi connectivity index (χ2n) is 6.71. The molecule has 5 nitrogen and oxygen atoms in total. The van der Waals surface area contributed by atoms with Crippen molar-refractivity contribution in [1.82, 2.24) is 15.6 Å². The van der Waals surface area contributed by atoms with E-state index in [2.05, 4.69) is 27.5 Å². The first-order valence-corrected chi connectivity index (χ1v) is 10.0. The predicted octanol–water partition coefficient (Wildman–Crippen LogP) is 4.58. The van der Waals surface area contributed by atoms with Crippen molar-refractivity contribution in [3.63, 3.8) is 0 Å². The van der Waals surface area contributed by atoms with Crippen LogP contribution in [0.3, 0.4) is 0 Å². The minimum absolute atomic E-state index is 0. The number of rotatable bonds is 6. The number of hydrogen-bond acceptors (Lipinski definition) is 4. The van der Waals surface area contributed by atoms with Crippen LogP contribution < -0.4 is 15.4 Å². The number of thioether (sulfide) groups is 1. The number of benzene rings is 1. The van der Waals surface area contributed by atoms with Gasteiger partial charge in [-0.05, 0) is 43.7 Å². The standard InChI is InChI=1S/C20H25FN4OS.HI/c1-20(9-5-11-27-20)14-25-19(22-2)24-13-15-6-4-10-23-18(15)26-17-8-3-7-16(21)12-17;/h3-4,6-8,10,12H,5,9,11,13-14H2,1-2H3,(H2,22,24,25);1H. The average molecular weight is 516 g/mol. The minimum Gasteiger partial charge on any atom is -0.439 e. The zero-order chi connectivity index (χ0) is 19.1. The van der Waals surface area contributed by atoms with E-state index in [4.69, 9.17) is 4.74 Å². The van der Waals surface area contributed by atoms with Gasteiger partial charge >= 0.3 is 0 Å². The maximum Gasteiger partial charge on any atom is 0.224 e. The van der Waals surface area contributed by atoms with Crippen LogP contribution in [0, 0.1) is 5.82 Å². The first-order valence-electron chi connectivity index (χ1n) is 9.04. The van der Waals surface area contributed by atoms with E-state index >= 15 is 0 Å². The fourth-order valence-electron chi connectivity index (χ4n) is 2.94. The lowest BCUT2D eigenvalue weighted by molar-refractivity contribution is 0.450. The summed E-state index contributed by atoms with van der Waals surface area (Å²) in [7, 11) is 1.76. The highest BCUT2D eigenvalue weighted by Crippen LogP contribution is 2.36. The monoisotopic (exact) mass is 516 g/mol. The third-order valence-electron chi connectivity index (χ3n) is 4.46. The number of guanidine groups is 1. The number of aromatic nitrogens is 1. The minimum atomic E-state index is -0.342. The van der Waals surface area contributed by atoms with E-state index in [1.54, 1.807) is 25.4 Å². The van der Waals surface area contributed by atoms with Crippen LogP contribution in [-0.4, -0.2) is 35.0 Å². The summed E-state index contributed by atoms with van der Waals surface area (Å²) in [4.78, 5) is 8.57. The molecule has 1 aromatic carbocycles. The summed E-state index contributed by atoms with van der Waals surface area (Å²) in [6, 6.07) is 9.81. The van der Waals surface area contributed by atoms with Crippen LogP contribution in [0.1, 0.15) is 25.3 Å². The second kappa shape index (κ2) is 10.8. The molecule has 0 spiro atoms. The normalized spacial score (nSPS) is 19.0. The van der Waals surface area contributed by atoms with Crippen LogP contribution in [0.2, 0.25) is 0 Å². The summed E-state index contributed by atoms with van der Waals surface area (Å²) in [6.07, 6.45) is 4.14. The summed E-state index contributed by atoms with van der Waals surface area (Å²) >= 11 is 2.01. The molecule has 0 aliphatic carbocycles. The van der Waals surface area contributed by atoms with Crippen molar-refractivity contribution in [2.75, 3.05) is 19.3 Å². The topological polar surface area (TPSA) is 58.5 Å². The molecule has 1 unspecified atom stereocenters. The number of nitrogens with zero attached hydrogens (tertiary/aromatic N) is 2. The predicted molar refractivity (Wildman–Crippen MR) is 124 cm³/mol. The molecule has 3 rings (SSSR count). The molecule has 0 amide bonds. The molecule has 2 aromatic rings. The fourth-order valence-corrected chi connectivity index (χ4v) is 4.18. The van der Waals surface area contributed by atoms with Crippen LogP contribution in [0.15, 0.2) is 47.6 Å². The lowest BCUT2D eigenvalue weighted by Crippen LogP contribution is -2.43. The van der Waals surface area contributed by atoms with Gasteiger partial charge in [0.15, 0.2) is 5.96 Å². The molecular formula is C20H26FIN4OS. The highest BCUT2D eigenvalue weighted by atomic mass is 127. The van der Waals surface area contributed by atoms with E-state index in [0.717, 1.165) is 18.1 Å². The molecule has 1 saturated heterocycles. The van der Waals surface area contributed by atoms with Gasteiger partial charge in [0, 0.05) is 42.7 Å². The van der Waals surface area contributed by atoms with Crippen LogP contribution >= 0.6 is 35.7 Å². The van der Waals surface area contributed by atoms with Crippen LogP contribution in [0.4, 0.5) is 4.39 Å². The van der Waals surface area contributed by atoms with Crippen molar-refractivity contribution >= 4 is 41.7 Å². The summed E-state index contributed by atoms with van der Waals surface area (Å²) in [5.74, 6) is 2.49.